The molecule has 0 aromatic carbocycles. The lowest BCUT2D eigenvalue weighted by molar-refractivity contribution is 0.311. The summed E-state index contributed by atoms with van der Waals surface area (Å²) in [5.41, 5.74) is 0. The summed E-state index contributed by atoms with van der Waals surface area (Å²) in [6.07, 6.45) is 5.72. The van der Waals surface area contributed by atoms with Crippen molar-refractivity contribution in [2.24, 2.45) is 5.92 Å². The van der Waals surface area contributed by atoms with Crippen molar-refractivity contribution >= 4 is 9.24 Å². The van der Waals surface area contributed by atoms with Crippen molar-refractivity contribution in [2.45, 2.75) is 44.7 Å². The molecule has 0 spiro atoms. The van der Waals surface area contributed by atoms with Crippen LogP contribution in [0.25, 0.3) is 0 Å². The molecular formula is C8H17P. The molecule has 0 saturated heterocycles. The van der Waals surface area contributed by atoms with Crippen LogP contribution in [0.3, 0.4) is 0 Å². The van der Waals surface area contributed by atoms with Gasteiger partial charge in [0.05, 0.1) is 0 Å². The Labute approximate surface area is 60.6 Å². The molecule has 0 bridgehead atoms. The van der Waals surface area contributed by atoms with E-state index in [9.17, 15) is 0 Å². The fourth-order valence-electron chi connectivity index (χ4n) is 1.53. The Morgan fingerprint density at radius 2 is 2.11 bits per heavy atom. The van der Waals surface area contributed by atoms with Gasteiger partial charge in [-0.2, -0.15) is 0 Å². The smallest absolute Gasteiger partial charge is 0.0153 e. The quantitative estimate of drug-likeness (QED) is 0.458. The lowest BCUT2D eigenvalue weighted by atomic mass is 9.81. The zero-order valence-corrected chi connectivity index (χ0v) is 7.64. The lowest BCUT2D eigenvalue weighted by Gasteiger charge is -2.35. The zero-order chi connectivity index (χ0) is 6.91. The molecule has 0 heterocycles. The zero-order valence-electron chi connectivity index (χ0n) is 6.48. The number of hydrogen-bond acceptors (Lipinski definition) is 0. The largest absolute Gasteiger partial charge is 0.131 e. The maximum absolute atomic E-state index is 3.00. The van der Waals surface area contributed by atoms with Crippen LogP contribution in [0, 0.1) is 5.92 Å². The first-order chi connectivity index (χ1) is 4.13. The van der Waals surface area contributed by atoms with Crippen LogP contribution in [0.4, 0.5) is 0 Å². The van der Waals surface area contributed by atoms with Crippen LogP contribution in [0.1, 0.15) is 39.5 Å². The molecule has 1 rings (SSSR count). The summed E-state index contributed by atoms with van der Waals surface area (Å²) in [5.74, 6) is 0.913. The molecule has 1 saturated carbocycles. The first kappa shape index (κ1) is 7.54. The van der Waals surface area contributed by atoms with Crippen molar-refractivity contribution in [1.82, 2.24) is 0 Å². The van der Waals surface area contributed by atoms with Gasteiger partial charge in [-0.05, 0) is 23.9 Å². The van der Waals surface area contributed by atoms with E-state index in [2.05, 4.69) is 23.1 Å². The van der Waals surface area contributed by atoms with Crippen molar-refractivity contribution in [3.63, 3.8) is 0 Å². The maximum atomic E-state index is 3.00. The van der Waals surface area contributed by atoms with E-state index in [1.54, 1.807) is 0 Å². The molecule has 0 aromatic heterocycles. The molecule has 0 N–H and O–H groups in total. The van der Waals surface area contributed by atoms with Crippen LogP contribution >= 0.6 is 9.24 Å². The number of hydrogen-bond donors (Lipinski definition) is 0. The molecule has 0 aliphatic heterocycles. The van der Waals surface area contributed by atoms with Gasteiger partial charge in [0, 0.05) is 0 Å². The minimum atomic E-state index is 0.554. The molecule has 54 valence electrons. The van der Waals surface area contributed by atoms with Gasteiger partial charge in [-0.3, -0.25) is 0 Å². The maximum Gasteiger partial charge on any atom is -0.0153 e. The summed E-state index contributed by atoms with van der Waals surface area (Å²) in [6.45, 7) is 4.73. The van der Waals surface area contributed by atoms with Crippen LogP contribution in [0.15, 0.2) is 0 Å². The van der Waals surface area contributed by atoms with E-state index in [1.807, 2.05) is 0 Å². The summed E-state index contributed by atoms with van der Waals surface area (Å²) in [5, 5.41) is 0.554. The lowest BCUT2D eigenvalue weighted by Crippen LogP contribution is -2.28. The van der Waals surface area contributed by atoms with E-state index in [0.29, 0.717) is 5.16 Å². The SMILES string of the molecule is CC1CCCCC1(C)P. The minimum Gasteiger partial charge on any atom is -0.131 e. The van der Waals surface area contributed by atoms with E-state index in [4.69, 9.17) is 0 Å². The van der Waals surface area contributed by atoms with E-state index < -0.39 is 0 Å². The molecule has 1 fully saturated rings. The molecule has 1 aliphatic rings. The first-order valence-corrected chi connectivity index (χ1v) is 4.49. The van der Waals surface area contributed by atoms with Crippen LogP contribution in [-0.4, -0.2) is 5.16 Å². The van der Waals surface area contributed by atoms with Crippen molar-refractivity contribution in [2.75, 3.05) is 0 Å². The van der Waals surface area contributed by atoms with Crippen LogP contribution < -0.4 is 0 Å². The molecular weight excluding hydrogens is 127 g/mol. The van der Waals surface area contributed by atoms with Gasteiger partial charge >= 0.3 is 0 Å². The van der Waals surface area contributed by atoms with Crippen LogP contribution in [-0.2, 0) is 0 Å². The molecule has 0 amide bonds. The Hall–Kier alpha value is 0.430. The molecule has 9 heavy (non-hydrogen) atoms. The highest BCUT2D eigenvalue weighted by Crippen LogP contribution is 2.39. The first-order valence-electron chi connectivity index (χ1n) is 3.92. The van der Waals surface area contributed by atoms with Crippen molar-refractivity contribution in [3.8, 4) is 0 Å². The second-order valence-electron chi connectivity index (χ2n) is 3.65. The van der Waals surface area contributed by atoms with Gasteiger partial charge in [0.25, 0.3) is 0 Å². The van der Waals surface area contributed by atoms with Gasteiger partial charge < -0.3 is 0 Å². The highest BCUT2D eigenvalue weighted by Gasteiger charge is 2.28. The summed E-state index contributed by atoms with van der Waals surface area (Å²) < 4.78 is 0. The van der Waals surface area contributed by atoms with Crippen molar-refractivity contribution < 1.29 is 0 Å². The Balaban J connectivity index is 2.49. The molecule has 0 radical (unpaired) electrons. The number of rotatable bonds is 0. The third-order valence-electron chi connectivity index (χ3n) is 2.73. The van der Waals surface area contributed by atoms with Crippen LogP contribution in [0.2, 0.25) is 0 Å². The van der Waals surface area contributed by atoms with Crippen LogP contribution in [0.5, 0.6) is 0 Å². The summed E-state index contributed by atoms with van der Waals surface area (Å²) in [6, 6.07) is 0. The summed E-state index contributed by atoms with van der Waals surface area (Å²) in [4.78, 5) is 0. The van der Waals surface area contributed by atoms with Crippen molar-refractivity contribution in [3.05, 3.63) is 0 Å². The second-order valence-corrected chi connectivity index (χ2v) is 4.97. The Kier molecular flexibility index (Phi) is 2.16. The van der Waals surface area contributed by atoms with E-state index >= 15 is 0 Å². The average molecular weight is 144 g/mol. The molecule has 0 aromatic rings. The third-order valence-corrected chi connectivity index (χ3v) is 3.59. The van der Waals surface area contributed by atoms with Crippen molar-refractivity contribution in [1.29, 1.82) is 0 Å². The molecule has 1 heteroatoms. The average Bonchev–Trinajstić information content (AvgIpc) is 1.77. The normalized spacial score (nSPS) is 45.0. The third kappa shape index (κ3) is 1.67. The fourth-order valence-corrected chi connectivity index (χ4v) is 1.90. The van der Waals surface area contributed by atoms with Gasteiger partial charge in [-0.25, -0.2) is 0 Å². The monoisotopic (exact) mass is 144 g/mol. The Morgan fingerprint density at radius 1 is 1.44 bits per heavy atom. The van der Waals surface area contributed by atoms with Gasteiger partial charge in [0.2, 0.25) is 0 Å². The molecule has 3 atom stereocenters. The van der Waals surface area contributed by atoms with Gasteiger partial charge in [-0.15, -0.1) is 9.24 Å². The predicted molar refractivity (Wildman–Crippen MR) is 45.7 cm³/mol. The summed E-state index contributed by atoms with van der Waals surface area (Å²) >= 11 is 0. The topological polar surface area (TPSA) is 0 Å². The predicted octanol–water partition coefficient (Wildman–Crippen LogP) is 2.83. The standard InChI is InChI=1S/C8H17P/c1-7-5-3-4-6-8(7,2)9/h7H,3-6,9H2,1-2H3. The van der Waals surface area contributed by atoms with Gasteiger partial charge in [0.1, 0.15) is 0 Å². The Morgan fingerprint density at radius 3 is 2.44 bits per heavy atom. The van der Waals surface area contributed by atoms with E-state index in [1.165, 1.54) is 25.7 Å². The second kappa shape index (κ2) is 2.58. The fraction of sp³-hybridized carbons (Fsp3) is 1.00. The molecule has 0 nitrogen and oxygen atoms in total. The van der Waals surface area contributed by atoms with Gasteiger partial charge in [0.15, 0.2) is 0 Å². The van der Waals surface area contributed by atoms with Gasteiger partial charge in [-0.1, -0.05) is 26.7 Å². The highest BCUT2D eigenvalue weighted by atomic mass is 31.0. The summed E-state index contributed by atoms with van der Waals surface area (Å²) in [7, 11) is 3.00. The van der Waals surface area contributed by atoms with E-state index in [-0.39, 0.29) is 0 Å². The highest BCUT2D eigenvalue weighted by molar-refractivity contribution is 7.18. The minimum absolute atomic E-state index is 0.554. The molecule has 1 aliphatic carbocycles. The Bertz CT molecular complexity index is 96.7. The van der Waals surface area contributed by atoms with E-state index in [0.717, 1.165) is 5.92 Å². The molecule has 3 unspecified atom stereocenters.